The van der Waals surface area contributed by atoms with E-state index >= 15 is 0 Å². The Morgan fingerprint density at radius 3 is 1.31 bits per heavy atom. The topological polar surface area (TPSA) is 38.7 Å². The van der Waals surface area contributed by atoms with Crippen LogP contribution in [0.2, 0.25) is 0 Å². The molecule has 0 bridgehead atoms. The second-order valence-corrected chi connectivity index (χ2v) is 15.9. The van der Waals surface area contributed by atoms with Crippen molar-refractivity contribution >= 4 is 53.9 Å². The molecule has 288 valence electrons. The Balaban J connectivity index is 1.10. The fourth-order valence-corrected chi connectivity index (χ4v) is 9.49. The van der Waals surface area contributed by atoms with Gasteiger partial charge >= 0.3 is 0 Å². The maximum Gasteiger partial charge on any atom is 0.164 e. The van der Waals surface area contributed by atoms with E-state index in [2.05, 4.69) is 206 Å². The molecule has 62 heavy (non-hydrogen) atoms. The minimum absolute atomic E-state index is 0.630. The Labute approximate surface area is 359 Å². The Kier molecular flexibility index (Phi) is 8.50. The van der Waals surface area contributed by atoms with Crippen LogP contribution in [0.4, 0.5) is 0 Å². The Morgan fingerprint density at radius 2 is 0.645 bits per heavy atom. The molecule has 11 aromatic carbocycles. The van der Waals surface area contributed by atoms with Crippen LogP contribution < -0.4 is 0 Å². The normalized spacial score (nSPS) is 11.5. The third kappa shape index (κ3) is 5.94. The molecule has 3 nitrogen and oxygen atoms in total. The summed E-state index contributed by atoms with van der Waals surface area (Å²) in [6.07, 6.45) is 0. The molecule has 0 spiro atoms. The highest BCUT2D eigenvalue weighted by Gasteiger charge is 2.22. The molecule has 0 saturated carbocycles. The monoisotopic (exact) mass is 787 g/mol. The second-order valence-electron chi connectivity index (χ2n) is 15.9. The first kappa shape index (κ1) is 35.7. The third-order valence-electron chi connectivity index (χ3n) is 12.3. The van der Waals surface area contributed by atoms with Crippen molar-refractivity contribution in [2.45, 2.75) is 0 Å². The molecule has 1 aromatic heterocycles. The van der Waals surface area contributed by atoms with Gasteiger partial charge in [0.2, 0.25) is 0 Å². The number of rotatable bonds is 6. The summed E-state index contributed by atoms with van der Waals surface area (Å²) in [5, 5.41) is 11.9. The molecule has 0 unspecified atom stereocenters. The Bertz CT molecular complexity index is 3630. The van der Waals surface area contributed by atoms with Crippen LogP contribution in [0.15, 0.2) is 224 Å². The molecule has 12 rings (SSSR count). The zero-order valence-corrected chi connectivity index (χ0v) is 33.7. The van der Waals surface area contributed by atoms with E-state index in [0.29, 0.717) is 17.5 Å². The molecule has 0 saturated heterocycles. The van der Waals surface area contributed by atoms with Crippen LogP contribution in [0, 0.1) is 0 Å². The fraction of sp³-hybridized carbons (Fsp3) is 0. The van der Waals surface area contributed by atoms with Gasteiger partial charge in [-0.15, -0.1) is 0 Å². The standard InChI is InChI=1S/C59H37N3/c1-3-19-40(20-4-1)54-44-24-10-9-18-39(44)33-34-53(54)59-61-57(41-21-5-2-6-22-41)60-58(62-59)52-36-35-51(45-25-11-12-26-46(45)52)56-49-29-15-13-27-47(49)55(48-28-14-16-30-50(48)56)43-32-31-38-17-7-8-23-42(38)37-43/h1-37H. The van der Waals surface area contributed by atoms with E-state index in [1.807, 2.05) is 18.2 Å². The van der Waals surface area contributed by atoms with Crippen LogP contribution in [-0.2, 0) is 0 Å². The van der Waals surface area contributed by atoms with Gasteiger partial charge < -0.3 is 0 Å². The number of aromatic nitrogens is 3. The Morgan fingerprint density at radius 1 is 0.210 bits per heavy atom. The highest BCUT2D eigenvalue weighted by atomic mass is 15.0. The van der Waals surface area contributed by atoms with Gasteiger partial charge in [-0.25, -0.2) is 15.0 Å². The largest absolute Gasteiger partial charge is 0.208 e. The Hall–Kier alpha value is -8.27. The van der Waals surface area contributed by atoms with Gasteiger partial charge in [0, 0.05) is 22.3 Å². The molecule has 0 radical (unpaired) electrons. The summed E-state index contributed by atoms with van der Waals surface area (Å²) >= 11 is 0. The molecule has 0 atom stereocenters. The lowest BCUT2D eigenvalue weighted by Crippen LogP contribution is -2.02. The predicted octanol–water partition coefficient (Wildman–Crippen LogP) is 15.6. The van der Waals surface area contributed by atoms with Gasteiger partial charge in [0.15, 0.2) is 17.5 Å². The van der Waals surface area contributed by atoms with Gasteiger partial charge in [0.1, 0.15) is 0 Å². The summed E-state index contributed by atoms with van der Waals surface area (Å²) in [7, 11) is 0. The van der Waals surface area contributed by atoms with Gasteiger partial charge in [-0.3, -0.25) is 0 Å². The average Bonchev–Trinajstić information content (AvgIpc) is 3.35. The number of fused-ring (bicyclic) bond motifs is 5. The lowest BCUT2D eigenvalue weighted by molar-refractivity contribution is 1.08. The van der Waals surface area contributed by atoms with Crippen LogP contribution >= 0.6 is 0 Å². The van der Waals surface area contributed by atoms with Crippen molar-refractivity contribution in [1.29, 1.82) is 0 Å². The molecule has 0 fully saturated rings. The van der Waals surface area contributed by atoms with Gasteiger partial charge in [-0.05, 0) is 99.9 Å². The van der Waals surface area contributed by atoms with Crippen molar-refractivity contribution < 1.29 is 0 Å². The summed E-state index contributed by atoms with van der Waals surface area (Å²) in [6, 6.07) is 80.1. The minimum atomic E-state index is 0.630. The molecule has 0 aliphatic heterocycles. The summed E-state index contributed by atoms with van der Waals surface area (Å²) < 4.78 is 0. The zero-order chi connectivity index (χ0) is 41.0. The van der Waals surface area contributed by atoms with Crippen LogP contribution in [0.3, 0.4) is 0 Å². The molecule has 0 aliphatic carbocycles. The van der Waals surface area contributed by atoms with E-state index in [9.17, 15) is 0 Å². The van der Waals surface area contributed by atoms with Gasteiger partial charge in [-0.1, -0.05) is 206 Å². The van der Waals surface area contributed by atoms with Crippen LogP contribution in [0.25, 0.3) is 121 Å². The molecular weight excluding hydrogens is 751 g/mol. The fourth-order valence-electron chi connectivity index (χ4n) is 9.49. The highest BCUT2D eigenvalue weighted by molar-refractivity contribution is 6.24. The van der Waals surface area contributed by atoms with Crippen molar-refractivity contribution in [3.05, 3.63) is 224 Å². The smallest absolute Gasteiger partial charge is 0.164 e. The summed E-state index contributed by atoms with van der Waals surface area (Å²) in [5.74, 6) is 1.89. The van der Waals surface area contributed by atoms with Crippen molar-refractivity contribution in [3.8, 4) is 67.5 Å². The quantitative estimate of drug-likeness (QED) is 0.158. The summed E-state index contributed by atoms with van der Waals surface area (Å²) in [4.78, 5) is 15.9. The number of benzene rings is 11. The number of hydrogen-bond donors (Lipinski definition) is 0. The minimum Gasteiger partial charge on any atom is -0.208 e. The van der Waals surface area contributed by atoms with Crippen LogP contribution in [0.5, 0.6) is 0 Å². The molecule has 0 amide bonds. The second kappa shape index (κ2) is 14.8. The first-order chi connectivity index (χ1) is 30.8. The SMILES string of the molecule is c1ccc(-c2nc(-c3ccc4ccccc4c3-c3ccccc3)nc(-c3ccc(-c4c5ccccc5c(-c5ccc6ccccc6c5)c5ccccc45)c4ccccc34)n2)cc1. The van der Waals surface area contributed by atoms with E-state index in [1.165, 1.54) is 60.0 Å². The average molecular weight is 788 g/mol. The van der Waals surface area contributed by atoms with Crippen molar-refractivity contribution in [2.24, 2.45) is 0 Å². The van der Waals surface area contributed by atoms with Crippen molar-refractivity contribution in [2.75, 3.05) is 0 Å². The van der Waals surface area contributed by atoms with Gasteiger partial charge in [-0.2, -0.15) is 0 Å². The van der Waals surface area contributed by atoms with E-state index in [4.69, 9.17) is 15.0 Å². The third-order valence-corrected chi connectivity index (χ3v) is 12.3. The van der Waals surface area contributed by atoms with Crippen LogP contribution in [0.1, 0.15) is 0 Å². The molecule has 0 N–H and O–H groups in total. The molecule has 3 heteroatoms. The first-order valence-corrected chi connectivity index (χ1v) is 21.1. The van der Waals surface area contributed by atoms with E-state index < -0.39 is 0 Å². The predicted molar refractivity (Wildman–Crippen MR) is 260 cm³/mol. The van der Waals surface area contributed by atoms with Crippen LogP contribution in [-0.4, -0.2) is 15.0 Å². The van der Waals surface area contributed by atoms with E-state index in [1.54, 1.807) is 0 Å². The lowest BCUT2D eigenvalue weighted by Gasteiger charge is -2.20. The zero-order valence-electron chi connectivity index (χ0n) is 33.7. The number of nitrogens with zero attached hydrogens (tertiary/aromatic N) is 3. The van der Waals surface area contributed by atoms with E-state index in [-0.39, 0.29) is 0 Å². The van der Waals surface area contributed by atoms with Crippen molar-refractivity contribution in [1.82, 2.24) is 15.0 Å². The maximum atomic E-state index is 5.39. The summed E-state index contributed by atoms with van der Waals surface area (Å²) in [6.45, 7) is 0. The van der Waals surface area contributed by atoms with Gasteiger partial charge in [0.25, 0.3) is 0 Å². The molecule has 1 heterocycles. The maximum absolute atomic E-state index is 5.39. The number of hydrogen-bond acceptors (Lipinski definition) is 3. The molecular formula is C59H37N3. The van der Waals surface area contributed by atoms with E-state index in [0.717, 1.165) is 44.0 Å². The summed E-state index contributed by atoms with van der Waals surface area (Å²) in [5.41, 5.74) is 9.91. The molecule has 0 aliphatic rings. The first-order valence-electron chi connectivity index (χ1n) is 21.1. The highest BCUT2D eigenvalue weighted by Crippen LogP contribution is 2.47. The molecule has 12 aromatic rings. The van der Waals surface area contributed by atoms with Crippen molar-refractivity contribution in [3.63, 3.8) is 0 Å². The van der Waals surface area contributed by atoms with Gasteiger partial charge in [0.05, 0.1) is 0 Å². The lowest BCUT2D eigenvalue weighted by atomic mass is 9.84.